The zero-order chi connectivity index (χ0) is 17.9. The second-order valence-corrected chi connectivity index (χ2v) is 9.36. The predicted octanol–water partition coefficient (Wildman–Crippen LogP) is 3.14. The van der Waals surface area contributed by atoms with Crippen molar-refractivity contribution >= 4 is 10.0 Å². The Bertz CT molecular complexity index is 976. The van der Waals surface area contributed by atoms with E-state index in [9.17, 15) is 8.42 Å². The number of hydrogen-bond acceptors (Lipinski definition) is 4. The first-order valence-corrected chi connectivity index (χ1v) is 10.4. The van der Waals surface area contributed by atoms with E-state index in [-0.39, 0.29) is 0 Å². The van der Waals surface area contributed by atoms with E-state index in [1.54, 1.807) is 12.1 Å². The maximum atomic E-state index is 13.0. The Labute approximate surface area is 153 Å². The summed E-state index contributed by atoms with van der Waals surface area (Å²) >= 11 is 0. The molecule has 136 valence electrons. The molecule has 1 fully saturated rings. The lowest BCUT2D eigenvalue weighted by atomic mass is 10.0. The summed E-state index contributed by atoms with van der Waals surface area (Å²) in [4.78, 5) is 0.337. The van der Waals surface area contributed by atoms with Crippen molar-refractivity contribution in [2.75, 3.05) is 6.61 Å². The first-order chi connectivity index (χ1) is 12.5. The van der Waals surface area contributed by atoms with Crippen molar-refractivity contribution in [3.05, 3.63) is 58.7 Å². The van der Waals surface area contributed by atoms with E-state index in [2.05, 4.69) is 6.07 Å². The summed E-state index contributed by atoms with van der Waals surface area (Å²) in [5, 5.41) is 0. The number of rotatable bonds is 2. The van der Waals surface area contributed by atoms with Crippen LogP contribution in [0.25, 0.3) is 0 Å². The molecule has 3 aliphatic rings. The highest BCUT2D eigenvalue weighted by atomic mass is 32.2. The second kappa shape index (κ2) is 5.55. The third-order valence-electron chi connectivity index (χ3n) is 5.59. The minimum Gasteiger partial charge on any atom is -0.461 e. The Balaban J connectivity index is 1.47. The third kappa shape index (κ3) is 2.40. The number of hydrogen-bond donors (Lipinski definition) is 0. The van der Waals surface area contributed by atoms with Gasteiger partial charge < -0.3 is 9.47 Å². The first kappa shape index (κ1) is 16.3. The van der Waals surface area contributed by atoms with Crippen molar-refractivity contribution in [2.24, 2.45) is 0 Å². The summed E-state index contributed by atoms with van der Waals surface area (Å²) in [6.45, 7) is 3.41. The Kier molecular flexibility index (Phi) is 3.48. The number of ether oxygens (including phenoxy) is 2. The van der Waals surface area contributed by atoms with Crippen LogP contribution in [0.3, 0.4) is 0 Å². The van der Waals surface area contributed by atoms with E-state index < -0.39 is 15.8 Å². The maximum absolute atomic E-state index is 13.0. The Hall–Kier alpha value is -1.89. The summed E-state index contributed by atoms with van der Waals surface area (Å²) in [6, 6.07) is 11.1. The minimum atomic E-state index is -3.52. The average Bonchev–Trinajstić information content (AvgIpc) is 3.33. The van der Waals surface area contributed by atoms with Crippen LogP contribution in [0.5, 0.6) is 5.75 Å². The number of benzene rings is 2. The molecular weight excluding hydrogens is 350 g/mol. The van der Waals surface area contributed by atoms with E-state index in [1.807, 2.05) is 25.1 Å². The van der Waals surface area contributed by atoms with Crippen LogP contribution in [-0.2, 0) is 34.3 Å². The lowest BCUT2D eigenvalue weighted by Gasteiger charge is -2.22. The van der Waals surface area contributed by atoms with Gasteiger partial charge in [-0.1, -0.05) is 29.8 Å². The molecule has 0 aliphatic carbocycles. The molecule has 26 heavy (non-hydrogen) atoms. The van der Waals surface area contributed by atoms with Crippen LogP contribution >= 0.6 is 0 Å². The van der Waals surface area contributed by atoms with Crippen molar-refractivity contribution in [2.45, 2.75) is 50.0 Å². The summed E-state index contributed by atoms with van der Waals surface area (Å²) in [6.07, 6.45) is 2.65. The van der Waals surface area contributed by atoms with Gasteiger partial charge in [0.05, 0.1) is 11.5 Å². The highest BCUT2D eigenvalue weighted by Gasteiger charge is 2.45. The van der Waals surface area contributed by atoms with Crippen LogP contribution < -0.4 is 4.74 Å². The highest BCUT2D eigenvalue weighted by molar-refractivity contribution is 7.89. The van der Waals surface area contributed by atoms with E-state index in [0.717, 1.165) is 53.9 Å². The fraction of sp³-hybridized carbons (Fsp3) is 0.400. The minimum absolute atomic E-state index is 0.337. The van der Waals surface area contributed by atoms with Crippen molar-refractivity contribution in [1.29, 1.82) is 0 Å². The van der Waals surface area contributed by atoms with Gasteiger partial charge in [0.25, 0.3) is 0 Å². The molecule has 0 saturated carbocycles. The normalized spacial score (nSPS) is 24.7. The summed E-state index contributed by atoms with van der Waals surface area (Å²) < 4.78 is 39.7. The van der Waals surface area contributed by atoms with Gasteiger partial charge in [0.1, 0.15) is 5.75 Å². The molecule has 5 rings (SSSR count). The van der Waals surface area contributed by atoms with E-state index in [4.69, 9.17) is 9.47 Å². The number of fused-ring (bicyclic) bond motifs is 3. The third-order valence-corrected chi connectivity index (χ3v) is 7.40. The maximum Gasteiger partial charge on any atom is 0.243 e. The summed E-state index contributed by atoms with van der Waals surface area (Å²) in [7, 11) is -3.52. The molecule has 1 spiro atoms. The molecule has 1 saturated heterocycles. The van der Waals surface area contributed by atoms with Gasteiger partial charge in [-0.15, -0.1) is 0 Å². The smallest absolute Gasteiger partial charge is 0.243 e. The molecule has 0 radical (unpaired) electrons. The van der Waals surface area contributed by atoms with E-state index >= 15 is 0 Å². The van der Waals surface area contributed by atoms with E-state index in [1.165, 1.54) is 4.31 Å². The van der Waals surface area contributed by atoms with Gasteiger partial charge in [-0.3, -0.25) is 0 Å². The van der Waals surface area contributed by atoms with Gasteiger partial charge in [-0.25, -0.2) is 8.42 Å². The fourth-order valence-electron chi connectivity index (χ4n) is 4.16. The van der Waals surface area contributed by atoms with Crippen LogP contribution in [0.1, 0.15) is 35.1 Å². The summed E-state index contributed by atoms with van der Waals surface area (Å²) in [5.41, 5.74) is 4.18. The Morgan fingerprint density at radius 1 is 1.04 bits per heavy atom. The van der Waals surface area contributed by atoms with Crippen molar-refractivity contribution in [3.8, 4) is 5.75 Å². The fourth-order valence-corrected chi connectivity index (χ4v) is 5.55. The molecule has 5 nitrogen and oxygen atoms in total. The Morgan fingerprint density at radius 3 is 2.54 bits per heavy atom. The van der Waals surface area contributed by atoms with Gasteiger partial charge in [-0.2, -0.15) is 4.31 Å². The lowest BCUT2D eigenvalue weighted by molar-refractivity contribution is -0.134. The molecule has 1 unspecified atom stereocenters. The second-order valence-electron chi connectivity index (χ2n) is 7.42. The Morgan fingerprint density at radius 2 is 1.81 bits per heavy atom. The van der Waals surface area contributed by atoms with Crippen LogP contribution in [0.4, 0.5) is 0 Å². The number of nitrogens with zero attached hydrogens (tertiary/aromatic N) is 1. The zero-order valence-electron chi connectivity index (χ0n) is 14.7. The first-order valence-electron chi connectivity index (χ1n) is 9.00. The molecule has 2 aromatic rings. The van der Waals surface area contributed by atoms with Gasteiger partial charge in [0, 0.05) is 37.1 Å². The van der Waals surface area contributed by atoms with Gasteiger partial charge >= 0.3 is 0 Å². The molecule has 3 aliphatic heterocycles. The lowest BCUT2D eigenvalue weighted by Crippen LogP contribution is -2.32. The van der Waals surface area contributed by atoms with Crippen LogP contribution in [0.2, 0.25) is 0 Å². The highest BCUT2D eigenvalue weighted by Crippen LogP contribution is 2.46. The summed E-state index contributed by atoms with van der Waals surface area (Å²) in [5.74, 6) is 0.312. The number of sulfonamides is 1. The molecule has 3 heterocycles. The van der Waals surface area contributed by atoms with Gasteiger partial charge in [0.15, 0.2) is 0 Å². The zero-order valence-corrected chi connectivity index (χ0v) is 15.5. The van der Waals surface area contributed by atoms with E-state index in [0.29, 0.717) is 18.0 Å². The van der Waals surface area contributed by atoms with Crippen LogP contribution in [0, 0.1) is 6.92 Å². The molecule has 0 N–H and O–H groups in total. The average molecular weight is 371 g/mol. The molecule has 2 aromatic carbocycles. The van der Waals surface area contributed by atoms with Crippen molar-refractivity contribution < 1.29 is 17.9 Å². The quantitative estimate of drug-likeness (QED) is 0.814. The molecule has 0 amide bonds. The topological polar surface area (TPSA) is 55.8 Å². The van der Waals surface area contributed by atoms with Crippen LogP contribution in [-0.4, -0.2) is 25.1 Å². The molecule has 1 atom stereocenters. The van der Waals surface area contributed by atoms with Crippen molar-refractivity contribution in [3.63, 3.8) is 0 Å². The largest absolute Gasteiger partial charge is 0.461 e. The molecule has 0 bridgehead atoms. The van der Waals surface area contributed by atoms with Crippen LogP contribution in [0.15, 0.2) is 41.3 Å². The number of aryl methyl sites for hydroxylation is 1. The van der Waals surface area contributed by atoms with Gasteiger partial charge in [-0.05, 0) is 31.0 Å². The van der Waals surface area contributed by atoms with Crippen molar-refractivity contribution in [1.82, 2.24) is 4.31 Å². The predicted molar refractivity (Wildman–Crippen MR) is 96.3 cm³/mol. The monoisotopic (exact) mass is 371 g/mol. The van der Waals surface area contributed by atoms with Gasteiger partial charge in [0.2, 0.25) is 15.8 Å². The standard InChI is InChI=1S/C20H21NO4S/c1-14-3-7-17(8-4-14)26(22,23)21-12-16-6-5-15-11-20(9-2-10-24-20)25-19(15)18(16)13-21/h3-8H,2,9-13H2,1H3. The molecule has 0 aromatic heterocycles. The molecule has 6 heteroatoms. The molecular formula is C20H21NO4S. The SMILES string of the molecule is Cc1ccc(S(=O)(=O)N2Cc3ccc4c(c3C2)OC2(CCCO2)C4)cc1.